The van der Waals surface area contributed by atoms with Gasteiger partial charge in [0.15, 0.2) is 0 Å². The molecule has 30 heavy (non-hydrogen) atoms. The molecule has 0 aliphatic carbocycles. The molecule has 4 unspecified atom stereocenters. The maximum atomic E-state index is 12.5. The number of amides is 4. The molecule has 0 fully saturated rings. The van der Waals surface area contributed by atoms with E-state index in [1.165, 1.54) is 11.8 Å². The lowest BCUT2D eigenvalue weighted by Gasteiger charge is -2.24. The highest BCUT2D eigenvalue weighted by Crippen LogP contribution is 2.03. The third-order valence-corrected chi connectivity index (χ3v) is 4.70. The Bertz CT molecular complexity index is 632. The van der Waals surface area contributed by atoms with Gasteiger partial charge in [-0.3, -0.25) is 19.2 Å². The fraction of sp³-hybridized carbons (Fsp3) is 0.706. The van der Waals surface area contributed by atoms with E-state index in [2.05, 4.69) is 16.0 Å². The molecule has 0 bridgehead atoms. The number of aliphatic hydroxyl groups excluding tert-OH is 1. The molecular formula is C17H31N5O7S. The van der Waals surface area contributed by atoms with Gasteiger partial charge in [-0.2, -0.15) is 11.8 Å². The van der Waals surface area contributed by atoms with Crippen molar-refractivity contribution in [2.45, 2.75) is 50.9 Å². The normalized spacial score (nSPS) is 14.9. The molecule has 0 spiro atoms. The van der Waals surface area contributed by atoms with Crippen molar-refractivity contribution in [2.24, 2.45) is 17.4 Å². The van der Waals surface area contributed by atoms with Crippen LogP contribution in [0.25, 0.3) is 0 Å². The first-order chi connectivity index (χ1) is 13.9. The van der Waals surface area contributed by atoms with E-state index in [-0.39, 0.29) is 0 Å². The lowest BCUT2D eigenvalue weighted by molar-refractivity contribution is -0.144. The first-order valence-electron chi connectivity index (χ1n) is 9.22. The number of carboxylic acid groups (broad SMARTS) is 1. The number of aliphatic carboxylic acids is 1. The van der Waals surface area contributed by atoms with Crippen molar-refractivity contribution in [1.29, 1.82) is 0 Å². The molecule has 0 aliphatic rings. The van der Waals surface area contributed by atoms with Gasteiger partial charge in [0.1, 0.15) is 18.1 Å². The van der Waals surface area contributed by atoms with Crippen LogP contribution in [-0.2, 0) is 24.0 Å². The summed E-state index contributed by atoms with van der Waals surface area (Å²) in [5, 5.41) is 25.3. The summed E-state index contributed by atoms with van der Waals surface area (Å²) in [6, 6.07) is -5.08. The van der Waals surface area contributed by atoms with Crippen LogP contribution in [0.15, 0.2) is 0 Å². The molecule has 4 amide bonds. The molecule has 0 saturated carbocycles. The van der Waals surface area contributed by atoms with Gasteiger partial charge in [0, 0.05) is 0 Å². The number of thioether (sulfide) groups is 1. The van der Waals surface area contributed by atoms with E-state index < -0.39 is 72.7 Å². The van der Waals surface area contributed by atoms with Crippen molar-refractivity contribution >= 4 is 41.4 Å². The Morgan fingerprint density at radius 1 is 0.967 bits per heavy atom. The first-order valence-corrected chi connectivity index (χ1v) is 10.6. The lowest BCUT2D eigenvalue weighted by atomic mass is 10.0. The molecule has 0 aliphatic heterocycles. The predicted molar refractivity (Wildman–Crippen MR) is 110 cm³/mol. The molecule has 0 radical (unpaired) electrons. The third kappa shape index (κ3) is 9.89. The molecule has 13 heteroatoms. The minimum absolute atomic E-state index is 0.339. The Balaban J connectivity index is 5.21. The van der Waals surface area contributed by atoms with Gasteiger partial charge in [0.2, 0.25) is 23.6 Å². The SMILES string of the molecule is CSCCC(N)C(=O)NC(CC(N)=O)C(=O)NC(CO)C(=O)NC(C(=O)O)C(C)C. The van der Waals surface area contributed by atoms with E-state index in [0.717, 1.165) is 0 Å². The second kappa shape index (κ2) is 13.8. The molecule has 0 aromatic rings. The fourth-order valence-corrected chi connectivity index (χ4v) is 2.79. The molecule has 0 rings (SSSR count). The number of carbonyl (C=O) groups excluding carboxylic acids is 4. The van der Waals surface area contributed by atoms with Crippen molar-refractivity contribution in [1.82, 2.24) is 16.0 Å². The maximum absolute atomic E-state index is 12.5. The van der Waals surface area contributed by atoms with E-state index in [9.17, 15) is 29.1 Å². The van der Waals surface area contributed by atoms with Crippen LogP contribution in [-0.4, -0.2) is 82.6 Å². The van der Waals surface area contributed by atoms with Crippen molar-refractivity contribution < 1.29 is 34.2 Å². The second-order valence-corrected chi connectivity index (χ2v) is 7.92. The quantitative estimate of drug-likeness (QED) is 0.145. The number of hydrogen-bond donors (Lipinski definition) is 7. The van der Waals surface area contributed by atoms with Crippen molar-refractivity contribution in [3.8, 4) is 0 Å². The number of rotatable bonds is 14. The van der Waals surface area contributed by atoms with E-state index in [1.54, 1.807) is 13.8 Å². The van der Waals surface area contributed by atoms with Crippen molar-refractivity contribution in [2.75, 3.05) is 18.6 Å². The summed E-state index contributed by atoms with van der Waals surface area (Å²) in [5.74, 6) is -4.58. The molecule has 12 nitrogen and oxygen atoms in total. The monoisotopic (exact) mass is 449 g/mol. The molecule has 172 valence electrons. The highest BCUT2D eigenvalue weighted by atomic mass is 32.2. The van der Waals surface area contributed by atoms with E-state index in [0.29, 0.717) is 12.2 Å². The third-order valence-electron chi connectivity index (χ3n) is 4.05. The van der Waals surface area contributed by atoms with Crippen LogP contribution in [0, 0.1) is 5.92 Å². The second-order valence-electron chi connectivity index (χ2n) is 6.93. The summed E-state index contributed by atoms with van der Waals surface area (Å²) in [6.07, 6.45) is 1.62. The average molecular weight is 450 g/mol. The van der Waals surface area contributed by atoms with Gasteiger partial charge in [0.05, 0.1) is 19.1 Å². The van der Waals surface area contributed by atoms with Gasteiger partial charge in [0.25, 0.3) is 0 Å². The van der Waals surface area contributed by atoms with Gasteiger partial charge in [-0.1, -0.05) is 13.8 Å². The number of nitrogens with two attached hydrogens (primary N) is 2. The Morgan fingerprint density at radius 2 is 1.50 bits per heavy atom. The largest absolute Gasteiger partial charge is 0.480 e. The predicted octanol–water partition coefficient (Wildman–Crippen LogP) is -2.87. The molecule has 0 aromatic heterocycles. The average Bonchev–Trinajstić information content (AvgIpc) is 2.66. The summed E-state index contributed by atoms with van der Waals surface area (Å²) in [4.78, 5) is 59.4. The van der Waals surface area contributed by atoms with Gasteiger partial charge >= 0.3 is 5.97 Å². The number of carboxylic acids is 1. The zero-order chi connectivity index (χ0) is 23.4. The number of primary amides is 1. The van der Waals surface area contributed by atoms with Gasteiger partial charge < -0.3 is 37.6 Å². The fourth-order valence-electron chi connectivity index (χ4n) is 2.30. The molecule has 9 N–H and O–H groups in total. The van der Waals surface area contributed by atoms with Crippen molar-refractivity contribution in [3.05, 3.63) is 0 Å². The number of nitrogens with one attached hydrogen (secondary N) is 3. The first kappa shape index (κ1) is 27.6. The number of carbonyl (C=O) groups is 5. The van der Waals surface area contributed by atoms with Crippen LogP contribution >= 0.6 is 11.8 Å². The van der Waals surface area contributed by atoms with E-state index >= 15 is 0 Å². The molecule has 0 saturated heterocycles. The maximum Gasteiger partial charge on any atom is 0.326 e. The molecule has 0 aromatic carbocycles. The zero-order valence-electron chi connectivity index (χ0n) is 17.2. The van der Waals surface area contributed by atoms with Crippen LogP contribution in [0.2, 0.25) is 0 Å². The standard InChI is InChI=1S/C17H31N5O7S/c1-8(2)13(17(28)29)22-16(27)11(7-23)21-15(26)10(6-12(19)24)20-14(25)9(18)4-5-30-3/h8-11,13,23H,4-7,18H2,1-3H3,(H2,19,24)(H,20,25)(H,21,26)(H,22,27)(H,28,29). The number of aliphatic hydroxyl groups is 1. The minimum atomic E-state index is -1.50. The van der Waals surface area contributed by atoms with E-state index in [4.69, 9.17) is 16.6 Å². The van der Waals surface area contributed by atoms with Crippen LogP contribution < -0.4 is 27.4 Å². The Kier molecular flexibility index (Phi) is 12.7. The highest BCUT2D eigenvalue weighted by molar-refractivity contribution is 7.98. The Labute approximate surface area is 178 Å². The molecule has 0 heterocycles. The van der Waals surface area contributed by atoms with Crippen LogP contribution in [0.5, 0.6) is 0 Å². The molecular weight excluding hydrogens is 418 g/mol. The Hall–Kier alpha value is -2.38. The van der Waals surface area contributed by atoms with Crippen molar-refractivity contribution in [3.63, 3.8) is 0 Å². The summed E-state index contributed by atoms with van der Waals surface area (Å²) in [5.41, 5.74) is 10.9. The summed E-state index contributed by atoms with van der Waals surface area (Å²) in [7, 11) is 0. The van der Waals surface area contributed by atoms with Crippen LogP contribution in [0.1, 0.15) is 26.7 Å². The van der Waals surface area contributed by atoms with Gasteiger partial charge in [-0.25, -0.2) is 4.79 Å². The number of hydrogen-bond acceptors (Lipinski definition) is 8. The highest BCUT2D eigenvalue weighted by Gasteiger charge is 2.31. The minimum Gasteiger partial charge on any atom is -0.480 e. The van der Waals surface area contributed by atoms with Crippen LogP contribution in [0.3, 0.4) is 0 Å². The molecule has 4 atom stereocenters. The zero-order valence-corrected chi connectivity index (χ0v) is 18.0. The smallest absolute Gasteiger partial charge is 0.326 e. The Morgan fingerprint density at radius 3 is 1.93 bits per heavy atom. The topological polar surface area (TPSA) is 214 Å². The van der Waals surface area contributed by atoms with E-state index in [1.807, 2.05) is 6.26 Å². The lowest BCUT2D eigenvalue weighted by Crippen LogP contribution is -2.59. The van der Waals surface area contributed by atoms with Gasteiger partial charge in [-0.15, -0.1) is 0 Å². The summed E-state index contributed by atoms with van der Waals surface area (Å²) < 4.78 is 0. The van der Waals surface area contributed by atoms with Gasteiger partial charge in [-0.05, 0) is 24.3 Å². The summed E-state index contributed by atoms with van der Waals surface area (Å²) in [6.45, 7) is 2.31. The summed E-state index contributed by atoms with van der Waals surface area (Å²) >= 11 is 1.48. The van der Waals surface area contributed by atoms with Crippen LogP contribution in [0.4, 0.5) is 0 Å².